The SMILES string of the molecule is CC1(C)C2=CC(N(c3ccc(-c4cc5oc6ccccc6c5c5ccccc45)cc3)c3ccccc3-c3ccc4ccccc4c3)CC=C2c2ccccc21. The fraction of sp³-hybridized carbons (Fsp3) is 0.0943. The third-order valence-electron chi connectivity index (χ3n) is 12.2. The molecule has 0 radical (unpaired) electrons. The van der Waals surface area contributed by atoms with E-state index >= 15 is 0 Å². The lowest BCUT2D eigenvalue weighted by molar-refractivity contribution is 0.644. The van der Waals surface area contributed by atoms with E-state index in [0.29, 0.717) is 0 Å². The number of rotatable bonds is 5. The summed E-state index contributed by atoms with van der Waals surface area (Å²) in [6, 6.07) is 62.1. The summed E-state index contributed by atoms with van der Waals surface area (Å²) in [5.74, 6) is 0. The monoisotopic (exact) mass is 705 g/mol. The van der Waals surface area contributed by atoms with E-state index in [0.717, 1.165) is 28.7 Å². The fourth-order valence-corrected chi connectivity index (χ4v) is 9.51. The van der Waals surface area contributed by atoms with Gasteiger partial charge in [-0.1, -0.05) is 159 Å². The summed E-state index contributed by atoms with van der Waals surface area (Å²) in [5.41, 5.74) is 14.5. The van der Waals surface area contributed by atoms with Crippen molar-refractivity contribution in [2.75, 3.05) is 4.90 Å². The third-order valence-corrected chi connectivity index (χ3v) is 12.2. The van der Waals surface area contributed by atoms with Crippen molar-refractivity contribution < 1.29 is 4.42 Å². The maximum atomic E-state index is 6.46. The van der Waals surface area contributed by atoms with Crippen LogP contribution in [0, 0.1) is 0 Å². The first-order valence-electron chi connectivity index (χ1n) is 19.4. The van der Waals surface area contributed by atoms with Gasteiger partial charge >= 0.3 is 0 Å². The van der Waals surface area contributed by atoms with E-state index in [4.69, 9.17) is 4.42 Å². The van der Waals surface area contributed by atoms with Crippen LogP contribution in [0.2, 0.25) is 0 Å². The molecule has 9 aromatic rings. The largest absolute Gasteiger partial charge is 0.456 e. The van der Waals surface area contributed by atoms with Crippen molar-refractivity contribution in [3.05, 3.63) is 199 Å². The van der Waals surface area contributed by atoms with Crippen LogP contribution in [0.25, 0.3) is 71.3 Å². The van der Waals surface area contributed by atoms with Crippen molar-refractivity contribution in [3.8, 4) is 22.3 Å². The zero-order chi connectivity index (χ0) is 36.7. The Labute approximate surface area is 321 Å². The van der Waals surface area contributed by atoms with Crippen molar-refractivity contribution >= 4 is 60.4 Å². The molecule has 0 amide bonds. The molecule has 1 atom stereocenters. The summed E-state index contributed by atoms with van der Waals surface area (Å²) >= 11 is 0. The molecule has 0 bridgehead atoms. The van der Waals surface area contributed by atoms with Crippen LogP contribution in [0.3, 0.4) is 0 Å². The van der Waals surface area contributed by atoms with Gasteiger partial charge in [-0.15, -0.1) is 0 Å². The molecule has 0 N–H and O–H groups in total. The Balaban J connectivity index is 1.07. The highest BCUT2D eigenvalue weighted by molar-refractivity contribution is 6.22. The number of fused-ring (bicyclic) bond motifs is 9. The van der Waals surface area contributed by atoms with Crippen LogP contribution in [0.15, 0.2) is 192 Å². The first-order chi connectivity index (χ1) is 27.0. The smallest absolute Gasteiger partial charge is 0.136 e. The maximum absolute atomic E-state index is 6.46. The summed E-state index contributed by atoms with van der Waals surface area (Å²) in [7, 11) is 0. The van der Waals surface area contributed by atoms with Crippen LogP contribution in [0.4, 0.5) is 11.4 Å². The molecule has 2 aliphatic carbocycles. The van der Waals surface area contributed by atoms with E-state index in [1.165, 1.54) is 77.1 Å². The van der Waals surface area contributed by atoms with Gasteiger partial charge in [0.05, 0.1) is 6.04 Å². The number of furan rings is 1. The number of hydrogen-bond donors (Lipinski definition) is 0. The van der Waals surface area contributed by atoms with Crippen molar-refractivity contribution in [2.24, 2.45) is 0 Å². The predicted molar refractivity (Wildman–Crippen MR) is 232 cm³/mol. The van der Waals surface area contributed by atoms with Gasteiger partial charge in [-0.25, -0.2) is 0 Å². The number of benzene rings is 8. The molecule has 55 heavy (non-hydrogen) atoms. The number of anilines is 2. The van der Waals surface area contributed by atoms with Gasteiger partial charge in [-0.05, 0) is 103 Å². The fourth-order valence-electron chi connectivity index (χ4n) is 9.51. The highest BCUT2D eigenvalue weighted by Crippen LogP contribution is 2.52. The minimum atomic E-state index is -0.0785. The Morgan fingerprint density at radius 1 is 0.545 bits per heavy atom. The number of nitrogens with zero attached hydrogens (tertiary/aromatic N) is 1. The average molecular weight is 706 g/mol. The van der Waals surface area contributed by atoms with Crippen LogP contribution in [-0.4, -0.2) is 6.04 Å². The summed E-state index contributed by atoms with van der Waals surface area (Å²) in [5, 5.41) is 7.28. The van der Waals surface area contributed by atoms with Gasteiger partial charge in [-0.2, -0.15) is 0 Å². The molecule has 0 saturated carbocycles. The Morgan fingerprint density at radius 3 is 2.07 bits per heavy atom. The van der Waals surface area contributed by atoms with E-state index in [2.05, 4.69) is 195 Å². The molecule has 2 heteroatoms. The van der Waals surface area contributed by atoms with Crippen LogP contribution in [-0.2, 0) is 5.41 Å². The van der Waals surface area contributed by atoms with Gasteiger partial charge in [0.25, 0.3) is 0 Å². The quantitative estimate of drug-likeness (QED) is 0.177. The normalized spacial score (nSPS) is 15.9. The van der Waals surface area contributed by atoms with E-state index in [-0.39, 0.29) is 11.5 Å². The molecule has 11 rings (SSSR count). The van der Waals surface area contributed by atoms with Gasteiger partial charge in [0, 0.05) is 33.1 Å². The molecule has 0 saturated heterocycles. The zero-order valence-corrected chi connectivity index (χ0v) is 31.0. The highest BCUT2D eigenvalue weighted by atomic mass is 16.3. The van der Waals surface area contributed by atoms with Crippen molar-refractivity contribution in [2.45, 2.75) is 31.7 Å². The van der Waals surface area contributed by atoms with Gasteiger partial charge in [-0.3, -0.25) is 0 Å². The first-order valence-corrected chi connectivity index (χ1v) is 19.4. The lowest BCUT2D eigenvalue weighted by atomic mass is 9.79. The van der Waals surface area contributed by atoms with Crippen molar-refractivity contribution in [1.82, 2.24) is 0 Å². The molecule has 8 aromatic carbocycles. The number of allylic oxidation sites excluding steroid dienone is 2. The summed E-state index contributed by atoms with van der Waals surface area (Å²) in [6.07, 6.45) is 5.95. The first kappa shape index (κ1) is 31.8. The molecule has 2 aliphatic rings. The molecular formula is C53H39NO. The zero-order valence-electron chi connectivity index (χ0n) is 31.0. The Morgan fingerprint density at radius 2 is 1.22 bits per heavy atom. The van der Waals surface area contributed by atoms with E-state index in [9.17, 15) is 0 Å². The highest BCUT2D eigenvalue weighted by Gasteiger charge is 2.40. The second-order valence-corrected chi connectivity index (χ2v) is 15.6. The molecule has 1 aromatic heterocycles. The van der Waals surface area contributed by atoms with Crippen molar-refractivity contribution in [3.63, 3.8) is 0 Å². The molecule has 2 nitrogen and oxygen atoms in total. The summed E-state index contributed by atoms with van der Waals surface area (Å²) in [4.78, 5) is 2.58. The molecule has 0 fully saturated rings. The predicted octanol–water partition coefficient (Wildman–Crippen LogP) is 14.4. The summed E-state index contributed by atoms with van der Waals surface area (Å²) < 4.78 is 6.46. The van der Waals surface area contributed by atoms with Crippen LogP contribution in [0.1, 0.15) is 31.4 Å². The summed E-state index contributed by atoms with van der Waals surface area (Å²) in [6.45, 7) is 4.76. The molecule has 0 aliphatic heterocycles. The van der Waals surface area contributed by atoms with Crippen molar-refractivity contribution in [1.29, 1.82) is 0 Å². The van der Waals surface area contributed by atoms with E-state index in [1.807, 2.05) is 6.07 Å². The topological polar surface area (TPSA) is 16.4 Å². The van der Waals surface area contributed by atoms with Crippen LogP contribution in [0.5, 0.6) is 0 Å². The lowest BCUT2D eigenvalue weighted by Gasteiger charge is -2.37. The molecule has 1 heterocycles. The maximum Gasteiger partial charge on any atom is 0.136 e. The average Bonchev–Trinajstić information content (AvgIpc) is 3.73. The van der Waals surface area contributed by atoms with Gasteiger partial charge in [0.1, 0.15) is 11.2 Å². The van der Waals surface area contributed by atoms with E-state index < -0.39 is 0 Å². The lowest BCUT2D eigenvalue weighted by Crippen LogP contribution is -2.32. The van der Waals surface area contributed by atoms with Gasteiger partial charge < -0.3 is 9.32 Å². The van der Waals surface area contributed by atoms with Crippen LogP contribution >= 0.6 is 0 Å². The molecule has 0 spiro atoms. The number of hydrogen-bond acceptors (Lipinski definition) is 2. The Kier molecular flexibility index (Phi) is 7.06. The Hall–Kier alpha value is -6.64. The van der Waals surface area contributed by atoms with Gasteiger partial charge in [0.15, 0.2) is 0 Å². The van der Waals surface area contributed by atoms with E-state index in [1.54, 1.807) is 0 Å². The second kappa shape index (κ2) is 12.2. The van der Waals surface area contributed by atoms with Crippen LogP contribution < -0.4 is 4.90 Å². The minimum Gasteiger partial charge on any atom is -0.456 e. The molecule has 1 unspecified atom stereocenters. The Bertz CT molecular complexity index is 3050. The standard InChI is InChI=1S/C53H39NO/c1-53(2)47-20-10-7-17-42(47)43-30-29-39(32-48(43)53)54(49-21-11-8-15-40(49)37-24-23-34-13-3-4-14-36(34)31-37)38-27-25-35(26-28-38)46-33-51-52(44-18-6-5-16-41(44)46)45-19-9-12-22-50(45)55-51/h3-28,30-33,39H,29H2,1-2H3. The third kappa shape index (κ3) is 4.95. The second-order valence-electron chi connectivity index (χ2n) is 15.6. The minimum absolute atomic E-state index is 0.0785. The van der Waals surface area contributed by atoms with Gasteiger partial charge in [0.2, 0.25) is 0 Å². The number of para-hydroxylation sites is 2. The molecular weight excluding hydrogens is 667 g/mol. The molecule has 262 valence electrons.